The number of hydrogen-bond donors (Lipinski definition) is 2. The number of nitrogens with zero attached hydrogens (tertiary/aromatic N) is 1. The summed E-state index contributed by atoms with van der Waals surface area (Å²) in [5, 5.41) is 4.13. The molecule has 0 aliphatic heterocycles. The lowest BCUT2D eigenvalue weighted by Gasteiger charge is -2.03. The molecule has 0 saturated heterocycles. The topological polar surface area (TPSA) is 57.8 Å². The average Bonchev–Trinajstić information content (AvgIpc) is 3.05. The molecular weight excluding hydrogens is 270 g/mol. The molecule has 3 rings (SSSR count). The maximum Gasteiger partial charge on any atom is 0.271 e. The standard InChI is InChI=1S/C15H15N3OS/c1-10-14(18-9-20-10)15(19)16-7-6-11-8-17-13-5-3-2-4-12(11)13/h2-5,8-9,17H,6-7H2,1H3,(H,16,19). The zero-order chi connectivity index (χ0) is 13.9. The van der Waals surface area contributed by atoms with E-state index in [9.17, 15) is 4.79 Å². The molecule has 0 aliphatic rings. The number of aromatic nitrogens is 2. The smallest absolute Gasteiger partial charge is 0.271 e. The number of carbonyl (C=O) groups is 1. The fourth-order valence-corrected chi connectivity index (χ4v) is 2.83. The zero-order valence-electron chi connectivity index (χ0n) is 11.1. The van der Waals surface area contributed by atoms with Gasteiger partial charge in [0, 0.05) is 28.5 Å². The van der Waals surface area contributed by atoms with Crippen LogP contribution in [0.1, 0.15) is 20.9 Å². The molecule has 3 aromatic rings. The average molecular weight is 285 g/mol. The van der Waals surface area contributed by atoms with Crippen molar-refractivity contribution >= 4 is 28.1 Å². The van der Waals surface area contributed by atoms with E-state index in [1.165, 1.54) is 22.3 Å². The van der Waals surface area contributed by atoms with E-state index in [1.54, 1.807) is 5.51 Å². The van der Waals surface area contributed by atoms with Gasteiger partial charge in [0.25, 0.3) is 5.91 Å². The SMILES string of the molecule is Cc1scnc1C(=O)NCCc1c[nH]c2ccccc12. The Hall–Kier alpha value is -2.14. The Labute approximate surface area is 120 Å². The van der Waals surface area contributed by atoms with Gasteiger partial charge in [-0.25, -0.2) is 4.98 Å². The van der Waals surface area contributed by atoms with E-state index < -0.39 is 0 Å². The second kappa shape index (κ2) is 5.46. The summed E-state index contributed by atoms with van der Waals surface area (Å²) in [5.74, 6) is -0.0939. The zero-order valence-corrected chi connectivity index (χ0v) is 12.0. The van der Waals surface area contributed by atoms with Gasteiger partial charge in [-0.3, -0.25) is 4.79 Å². The summed E-state index contributed by atoms with van der Waals surface area (Å²) in [6.45, 7) is 2.52. The third kappa shape index (κ3) is 2.44. The number of nitrogens with one attached hydrogen (secondary N) is 2. The molecule has 20 heavy (non-hydrogen) atoms. The predicted octanol–water partition coefficient (Wildman–Crippen LogP) is 2.91. The first-order valence-electron chi connectivity index (χ1n) is 6.49. The van der Waals surface area contributed by atoms with E-state index in [4.69, 9.17) is 0 Å². The van der Waals surface area contributed by atoms with Crippen molar-refractivity contribution in [2.24, 2.45) is 0 Å². The van der Waals surface area contributed by atoms with Crippen LogP contribution in [0.15, 0.2) is 36.0 Å². The number of H-pyrrole nitrogens is 1. The van der Waals surface area contributed by atoms with E-state index >= 15 is 0 Å². The van der Waals surface area contributed by atoms with Crippen molar-refractivity contribution in [1.82, 2.24) is 15.3 Å². The molecule has 0 fully saturated rings. The number of rotatable bonds is 4. The minimum atomic E-state index is -0.0939. The molecule has 0 bridgehead atoms. The Balaban J connectivity index is 1.63. The quantitative estimate of drug-likeness (QED) is 0.774. The fraction of sp³-hybridized carbons (Fsp3) is 0.200. The lowest BCUT2D eigenvalue weighted by molar-refractivity contribution is 0.0949. The molecule has 2 aromatic heterocycles. The Morgan fingerprint density at radius 3 is 3.05 bits per heavy atom. The molecule has 0 radical (unpaired) electrons. The van der Waals surface area contributed by atoms with E-state index in [0.717, 1.165) is 16.8 Å². The summed E-state index contributed by atoms with van der Waals surface area (Å²) < 4.78 is 0. The van der Waals surface area contributed by atoms with E-state index in [1.807, 2.05) is 25.3 Å². The van der Waals surface area contributed by atoms with Gasteiger partial charge in [-0.05, 0) is 25.0 Å². The van der Waals surface area contributed by atoms with Crippen LogP contribution in [0.25, 0.3) is 10.9 Å². The molecule has 2 N–H and O–H groups in total. The van der Waals surface area contributed by atoms with Gasteiger partial charge in [0.05, 0.1) is 5.51 Å². The molecule has 0 spiro atoms. The van der Waals surface area contributed by atoms with Crippen molar-refractivity contribution < 1.29 is 4.79 Å². The van der Waals surface area contributed by atoms with E-state index in [0.29, 0.717) is 12.2 Å². The number of amides is 1. The van der Waals surface area contributed by atoms with Crippen molar-refractivity contribution in [1.29, 1.82) is 0 Å². The number of benzene rings is 1. The normalized spacial score (nSPS) is 10.8. The number of aromatic amines is 1. The molecule has 1 aromatic carbocycles. The van der Waals surface area contributed by atoms with Crippen molar-refractivity contribution in [2.75, 3.05) is 6.54 Å². The lowest BCUT2D eigenvalue weighted by atomic mass is 10.1. The predicted molar refractivity (Wildman–Crippen MR) is 81.2 cm³/mol. The summed E-state index contributed by atoms with van der Waals surface area (Å²) in [5.41, 5.74) is 4.58. The van der Waals surface area contributed by atoms with Crippen LogP contribution in [-0.4, -0.2) is 22.4 Å². The van der Waals surface area contributed by atoms with Gasteiger partial charge < -0.3 is 10.3 Å². The Bertz CT molecular complexity index is 744. The molecule has 0 saturated carbocycles. The highest BCUT2D eigenvalue weighted by atomic mass is 32.1. The minimum absolute atomic E-state index is 0.0939. The molecule has 102 valence electrons. The monoisotopic (exact) mass is 285 g/mol. The van der Waals surface area contributed by atoms with Gasteiger partial charge >= 0.3 is 0 Å². The molecule has 1 amide bonds. The third-order valence-electron chi connectivity index (χ3n) is 3.31. The highest BCUT2D eigenvalue weighted by Gasteiger charge is 2.11. The first-order valence-corrected chi connectivity index (χ1v) is 7.37. The number of aryl methyl sites for hydroxylation is 1. The number of carbonyl (C=O) groups excluding carboxylic acids is 1. The van der Waals surface area contributed by atoms with Crippen LogP contribution in [0.5, 0.6) is 0 Å². The number of hydrogen-bond acceptors (Lipinski definition) is 3. The van der Waals surface area contributed by atoms with Crippen molar-refractivity contribution in [2.45, 2.75) is 13.3 Å². The Morgan fingerprint density at radius 1 is 1.40 bits per heavy atom. The molecule has 0 unspecified atom stereocenters. The third-order valence-corrected chi connectivity index (χ3v) is 4.07. The van der Waals surface area contributed by atoms with E-state index in [2.05, 4.69) is 27.4 Å². The number of thiazole rings is 1. The van der Waals surface area contributed by atoms with Gasteiger partial charge in [-0.1, -0.05) is 18.2 Å². The molecule has 0 atom stereocenters. The highest BCUT2D eigenvalue weighted by Crippen LogP contribution is 2.17. The van der Waals surface area contributed by atoms with Gasteiger partial charge in [-0.15, -0.1) is 11.3 Å². The first kappa shape index (κ1) is 12.9. The van der Waals surface area contributed by atoms with Crippen LogP contribution in [0.2, 0.25) is 0 Å². The lowest BCUT2D eigenvalue weighted by Crippen LogP contribution is -2.26. The molecular formula is C15H15N3OS. The van der Waals surface area contributed by atoms with Gasteiger partial charge in [-0.2, -0.15) is 0 Å². The second-order valence-corrected chi connectivity index (χ2v) is 5.68. The summed E-state index contributed by atoms with van der Waals surface area (Å²) in [7, 11) is 0. The van der Waals surface area contributed by atoms with Crippen molar-refractivity contribution in [3.8, 4) is 0 Å². The summed E-state index contributed by atoms with van der Waals surface area (Å²) in [6, 6.07) is 8.18. The van der Waals surface area contributed by atoms with Gasteiger partial charge in [0.1, 0.15) is 5.69 Å². The minimum Gasteiger partial charge on any atom is -0.361 e. The van der Waals surface area contributed by atoms with Crippen LogP contribution < -0.4 is 5.32 Å². The van der Waals surface area contributed by atoms with Gasteiger partial charge in [0.2, 0.25) is 0 Å². The summed E-state index contributed by atoms with van der Waals surface area (Å²) in [4.78, 5) is 20.2. The van der Waals surface area contributed by atoms with Crippen LogP contribution in [0.3, 0.4) is 0 Å². The van der Waals surface area contributed by atoms with Crippen LogP contribution in [-0.2, 0) is 6.42 Å². The largest absolute Gasteiger partial charge is 0.361 e. The highest BCUT2D eigenvalue weighted by molar-refractivity contribution is 7.09. The molecule has 0 aliphatic carbocycles. The first-order chi connectivity index (χ1) is 9.75. The fourth-order valence-electron chi connectivity index (χ4n) is 2.26. The molecule has 5 heteroatoms. The van der Waals surface area contributed by atoms with Crippen molar-refractivity contribution in [3.63, 3.8) is 0 Å². The van der Waals surface area contributed by atoms with Crippen LogP contribution in [0.4, 0.5) is 0 Å². The van der Waals surface area contributed by atoms with Crippen LogP contribution in [0, 0.1) is 6.92 Å². The van der Waals surface area contributed by atoms with E-state index in [-0.39, 0.29) is 5.91 Å². The summed E-state index contributed by atoms with van der Waals surface area (Å²) in [6.07, 6.45) is 2.81. The van der Waals surface area contributed by atoms with Gasteiger partial charge in [0.15, 0.2) is 0 Å². The molecule has 4 nitrogen and oxygen atoms in total. The number of fused-ring (bicyclic) bond motifs is 1. The summed E-state index contributed by atoms with van der Waals surface area (Å²) >= 11 is 1.49. The Kier molecular flexibility index (Phi) is 3.52. The maximum absolute atomic E-state index is 11.9. The second-order valence-electron chi connectivity index (χ2n) is 4.62. The van der Waals surface area contributed by atoms with Crippen LogP contribution >= 0.6 is 11.3 Å². The molecule has 2 heterocycles. The Morgan fingerprint density at radius 2 is 2.25 bits per heavy atom. The number of para-hydroxylation sites is 1. The maximum atomic E-state index is 11.9. The van der Waals surface area contributed by atoms with Crippen molar-refractivity contribution in [3.05, 3.63) is 52.1 Å².